The number of H-pyrrole nitrogens is 3. The third-order valence-electron chi connectivity index (χ3n) is 9.80. The van der Waals surface area contributed by atoms with Crippen LogP contribution in [0.2, 0.25) is 0 Å². The van der Waals surface area contributed by atoms with Crippen LogP contribution in [0.1, 0.15) is 80.8 Å². The van der Waals surface area contributed by atoms with Crippen LogP contribution >= 0.6 is 0 Å². The van der Waals surface area contributed by atoms with Crippen molar-refractivity contribution in [2.75, 3.05) is 29.9 Å². The van der Waals surface area contributed by atoms with Crippen molar-refractivity contribution in [3.05, 3.63) is 108 Å². The van der Waals surface area contributed by atoms with Gasteiger partial charge in [0.1, 0.15) is 16.9 Å². The van der Waals surface area contributed by atoms with E-state index in [1.165, 1.54) is 0 Å². The van der Waals surface area contributed by atoms with Gasteiger partial charge in [0.15, 0.2) is 0 Å². The topological polar surface area (TPSA) is 321 Å². The molecule has 4 heterocycles. The minimum atomic E-state index is -1.74. The van der Waals surface area contributed by atoms with Crippen LogP contribution in [0, 0.1) is 0 Å². The van der Waals surface area contributed by atoms with E-state index in [1.54, 1.807) is 48.5 Å². The highest BCUT2D eigenvalue weighted by molar-refractivity contribution is 6.08. The van der Waals surface area contributed by atoms with Gasteiger partial charge in [-0.05, 0) is 79.5 Å². The number of anilines is 3. The van der Waals surface area contributed by atoms with Crippen molar-refractivity contribution >= 4 is 58.4 Å². The lowest BCUT2D eigenvalue weighted by Gasteiger charge is -2.27. The number of carboxylic acids is 2. The van der Waals surface area contributed by atoms with Gasteiger partial charge in [0, 0.05) is 42.8 Å². The lowest BCUT2D eigenvalue weighted by atomic mass is 9.73. The number of carboxylic acid groups (broad SMARTS) is 2. The number of nitrogens with two attached hydrogens (primary N) is 2. The van der Waals surface area contributed by atoms with Gasteiger partial charge in [-0.25, -0.2) is 0 Å². The molecule has 3 aromatic heterocycles. The Balaban J connectivity index is 1.33. The van der Waals surface area contributed by atoms with Crippen LogP contribution in [0.15, 0.2) is 58.1 Å². The highest BCUT2D eigenvalue weighted by atomic mass is 16.4. The van der Waals surface area contributed by atoms with Crippen molar-refractivity contribution in [2.45, 2.75) is 56.8 Å². The molecular weight excluding hydrogens is 740 g/mol. The predicted octanol–water partition coefficient (Wildman–Crippen LogP) is 1.34. The molecule has 1 aliphatic rings. The van der Waals surface area contributed by atoms with Gasteiger partial charge in [0.2, 0.25) is 17.8 Å². The molecule has 2 aromatic carbocycles. The predicted molar refractivity (Wildman–Crippen MR) is 207 cm³/mol. The average molecular weight is 781 g/mol. The van der Waals surface area contributed by atoms with Crippen molar-refractivity contribution in [2.24, 2.45) is 0 Å². The van der Waals surface area contributed by atoms with E-state index in [-0.39, 0.29) is 110 Å². The largest absolute Gasteiger partial charge is 0.481 e. The molecule has 3 amide bonds. The fraction of sp³-hybridized carbons (Fsp3) is 0.289. The molecule has 0 unspecified atom stereocenters. The van der Waals surface area contributed by atoms with E-state index in [1.807, 2.05) is 0 Å². The van der Waals surface area contributed by atoms with E-state index in [4.69, 9.17) is 21.7 Å². The quantitative estimate of drug-likeness (QED) is 0.0597. The van der Waals surface area contributed by atoms with Crippen LogP contribution in [0.4, 0.5) is 17.7 Å². The second-order valence-corrected chi connectivity index (χ2v) is 13.6. The third kappa shape index (κ3) is 8.51. The fourth-order valence-corrected chi connectivity index (χ4v) is 7.05. The Labute approximate surface area is 322 Å². The highest BCUT2D eigenvalue weighted by Crippen LogP contribution is 2.46. The van der Waals surface area contributed by atoms with Crippen LogP contribution in [-0.4, -0.2) is 77.9 Å². The summed E-state index contributed by atoms with van der Waals surface area (Å²) < 4.78 is 0. The summed E-state index contributed by atoms with van der Waals surface area (Å²) in [4.78, 5) is 105. The van der Waals surface area contributed by atoms with Gasteiger partial charge in [-0.15, -0.1) is 0 Å². The monoisotopic (exact) mass is 780 g/mol. The summed E-state index contributed by atoms with van der Waals surface area (Å²) in [5.41, 5.74) is 11.6. The fourth-order valence-electron chi connectivity index (χ4n) is 7.05. The summed E-state index contributed by atoms with van der Waals surface area (Å²) in [7, 11) is 0. The number of hydrogen-bond donors (Lipinski definition) is 10. The molecule has 0 radical (unpaired) electrons. The molecule has 0 saturated heterocycles. The zero-order valence-corrected chi connectivity index (χ0v) is 30.5. The number of carbonyl (C=O) groups excluding carboxylic acids is 3. The lowest BCUT2D eigenvalue weighted by Crippen LogP contribution is -2.41. The zero-order chi connectivity index (χ0) is 40.9. The van der Waals surface area contributed by atoms with Crippen molar-refractivity contribution in [1.29, 1.82) is 0 Å². The second kappa shape index (κ2) is 16.6. The summed E-state index contributed by atoms with van der Waals surface area (Å²) in [6.07, 6.45) is 1.12. The Morgan fingerprint density at radius 1 is 0.684 bits per heavy atom. The molecule has 6 rings (SSSR count). The molecule has 19 nitrogen and oxygen atoms in total. The zero-order valence-electron chi connectivity index (χ0n) is 30.5. The minimum Gasteiger partial charge on any atom is -0.481 e. The molecule has 0 bridgehead atoms. The number of aliphatic carboxylic acids is 2. The Kier molecular flexibility index (Phi) is 11.5. The number of fused-ring (bicyclic) bond motifs is 2. The third-order valence-corrected chi connectivity index (χ3v) is 9.80. The number of hydrogen-bond acceptors (Lipinski definition) is 11. The van der Waals surface area contributed by atoms with Gasteiger partial charge < -0.3 is 52.6 Å². The Morgan fingerprint density at radius 2 is 1.21 bits per heavy atom. The highest BCUT2D eigenvalue weighted by Gasteiger charge is 2.53. The number of rotatable bonds is 17. The maximum absolute atomic E-state index is 14.4. The van der Waals surface area contributed by atoms with Crippen molar-refractivity contribution in [3.8, 4) is 0 Å². The Morgan fingerprint density at radius 3 is 1.77 bits per heavy atom. The second-order valence-electron chi connectivity index (χ2n) is 13.6. The number of nitrogens with zero attached hydrogens (tertiary/aromatic N) is 2. The van der Waals surface area contributed by atoms with Crippen LogP contribution in [-0.2, 0) is 39.1 Å². The number of carbonyl (C=O) groups is 5. The molecular formula is C38H40N10O9. The van der Waals surface area contributed by atoms with Gasteiger partial charge in [0.25, 0.3) is 22.9 Å². The van der Waals surface area contributed by atoms with E-state index >= 15 is 0 Å². The number of amides is 3. The summed E-state index contributed by atoms with van der Waals surface area (Å²) in [5, 5.41) is 25.9. The number of nitrogens with one attached hydrogen (secondary N) is 6. The normalized spacial score (nSPS) is 14.6. The van der Waals surface area contributed by atoms with E-state index in [9.17, 15) is 33.6 Å². The van der Waals surface area contributed by atoms with Crippen LogP contribution in [0.5, 0.6) is 0 Å². The summed E-state index contributed by atoms with van der Waals surface area (Å²) >= 11 is 0. The summed E-state index contributed by atoms with van der Waals surface area (Å²) in [6.45, 7) is 0.389. The number of nitrogen functional groups attached to an aromatic ring is 2. The molecule has 57 heavy (non-hydrogen) atoms. The van der Waals surface area contributed by atoms with Crippen molar-refractivity contribution in [1.82, 2.24) is 35.6 Å². The maximum Gasteiger partial charge on any atom is 0.303 e. The van der Waals surface area contributed by atoms with Crippen LogP contribution in [0.25, 0.3) is 11.0 Å². The number of aromatic amines is 3. The number of benzene rings is 2. The molecule has 0 saturated carbocycles. The number of aromatic nitrogens is 5. The summed E-state index contributed by atoms with van der Waals surface area (Å²) in [5.74, 6) is -3.58. The van der Waals surface area contributed by atoms with Crippen LogP contribution < -0.4 is 38.5 Å². The maximum atomic E-state index is 14.4. The first-order valence-electron chi connectivity index (χ1n) is 18.1. The molecule has 5 aromatic rings. The van der Waals surface area contributed by atoms with Crippen LogP contribution in [0.3, 0.4) is 0 Å². The molecule has 0 fully saturated rings. The van der Waals surface area contributed by atoms with E-state index < -0.39 is 34.4 Å². The standard InChI is InChI=1S/C38H40N10O9/c39-36-45-29-26(33(55)47-36)23(14-9-19-5-10-21(11-6-19)31(53)41-17-1-3-24(49)50)28(43-29)38(27-30(44-35(38)57)46-37(40)48-34(27)56)16-15-20-7-12-22(13-8-20)32(54)42-18-2-4-25(51)52/h5-8,10-13H,1-4,9,14-18H2,(H,41,53)(H,42,54)(H,49,50)(H,51,52)(H4,39,43,45,47,55)(H4,40,44,46,48,56,57)/t38-/m1/s1. The smallest absolute Gasteiger partial charge is 0.303 e. The first-order chi connectivity index (χ1) is 27.3. The minimum absolute atomic E-state index is 0.00552. The molecule has 0 aliphatic carbocycles. The van der Waals surface area contributed by atoms with Gasteiger partial charge in [-0.1, -0.05) is 24.3 Å². The first kappa shape index (κ1) is 39.4. The van der Waals surface area contributed by atoms with Crippen molar-refractivity contribution < 1.29 is 34.2 Å². The Hall–Kier alpha value is -7.31. The average Bonchev–Trinajstić information content (AvgIpc) is 3.67. The molecule has 19 heteroatoms. The molecule has 0 spiro atoms. The SMILES string of the molecule is Nc1nc(=O)c2c([nH]1)NC(=O)[C@@]2(CCc1ccc(C(=O)NCCCC(=O)O)cc1)c1[nH]c2[nH]c(N)nc(=O)c2c1CCc1ccc(C(=O)NCCCC(=O)O)cc1. The lowest BCUT2D eigenvalue weighted by molar-refractivity contribution is -0.138. The van der Waals surface area contributed by atoms with Gasteiger partial charge in [-0.2, -0.15) is 9.97 Å². The van der Waals surface area contributed by atoms with E-state index in [0.29, 0.717) is 28.7 Å². The van der Waals surface area contributed by atoms with Gasteiger partial charge in [0.05, 0.1) is 10.9 Å². The molecule has 1 atom stereocenters. The number of aryl methyl sites for hydroxylation is 3. The van der Waals surface area contributed by atoms with E-state index in [2.05, 4.69) is 40.9 Å². The van der Waals surface area contributed by atoms with Gasteiger partial charge in [-0.3, -0.25) is 33.6 Å². The molecule has 12 N–H and O–H groups in total. The molecule has 296 valence electrons. The first-order valence-corrected chi connectivity index (χ1v) is 18.1. The molecule has 1 aliphatic heterocycles. The van der Waals surface area contributed by atoms with Gasteiger partial charge >= 0.3 is 11.9 Å². The van der Waals surface area contributed by atoms with E-state index in [0.717, 1.165) is 5.56 Å². The van der Waals surface area contributed by atoms with Crippen molar-refractivity contribution in [3.63, 3.8) is 0 Å². The Bertz CT molecular complexity index is 2490. The summed E-state index contributed by atoms with van der Waals surface area (Å²) in [6, 6.07) is 13.3.